The number of amides is 2. The van der Waals surface area contributed by atoms with Gasteiger partial charge in [-0.2, -0.15) is 0 Å². The quantitative estimate of drug-likeness (QED) is 0.923. The second-order valence-corrected chi connectivity index (χ2v) is 6.79. The topological polar surface area (TPSA) is 57.7 Å². The van der Waals surface area contributed by atoms with Gasteiger partial charge in [-0.25, -0.2) is 4.79 Å². The van der Waals surface area contributed by atoms with Crippen molar-refractivity contribution < 1.29 is 9.53 Å². The second kappa shape index (κ2) is 7.23. The molecule has 1 aromatic heterocycles. The molecule has 2 aromatic rings. The van der Waals surface area contributed by atoms with E-state index in [1.165, 1.54) is 17.5 Å². The Labute approximate surface area is 153 Å². The van der Waals surface area contributed by atoms with E-state index in [4.69, 9.17) is 4.74 Å². The summed E-state index contributed by atoms with van der Waals surface area (Å²) in [5.41, 5.74) is 4.72. The van der Waals surface area contributed by atoms with Gasteiger partial charge in [-0.05, 0) is 48.6 Å². The van der Waals surface area contributed by atoms with E-state index in [0.29, 0.717) is 13.1 Å². The zero-order chi connectivity index (χ0) is 17.9. The number of anilines is 2. The Hall–Kier alpha value is -2.76. The highest BCUT2D eigenvalue weighted by Crippen LogP contribution is 2.28. The molecule has 0 unspecified atom stereocenters. The monoisotopic (exact) mass is 352 g/mol. The van der Waals surface area contributed by atoms with E-state index in [1.807, 2.05) is 17.0 Å². The van der Waals surface area contributed by atoms with Gasteiger partial charge in [0.25, 0.3) is 0 Å². The summed E-state index contributed by atoms with van der Waals surface area (Å²) in [6, 6.07) is 8.22. The number of aryl methyl sites for hydroxylation is 2. The Morgan fingerprint density at radius 1 is 1.12 bits per heavy atom. The SMILES string of the molecule is COc1cnccc1N1CCN(C(=O)Nc2ccc3c(c2)CCC3)CC1. The number of methoxy groups -OCH3 is 1. The highest BCUT2D eigenvalue weighted by Gasteiger charge is 2.23. The Bertz CT molecular complexity index is 800. The van der Waals surface area contributed by atoms with Crippen LogP contribution in [0.3, 0.4) is 0 Å². The predicted octanol–water partition coefficient (Wildman–Crippen LogP) is 2.93. The summed E-state index contributed by atoms with van der Waals surface area (Å²) in [6.07, 6.45) is 6.98. The number of nitrogens with zero attached hydrogens (tertiary/aromatic N) is 3. The zero-order valence-corrected chi connectivity index (χ0v) is 15.1. The van der Waals surface area contributed by atoms with Gasteiger partial charge >= 0.3 is 6.03 Å². The van der Waals surface area contributed by atoms with Crippen LogP contribution in [0.4, 0.5) is 16.2 Å². The normalized spacial score (nSPS) is 16.3. The van der Waals surface area contributed by atoms with Gasteiger partial charge in [-0.15, -0.1) is 0 Å². The van der Waals surface area contributed by atoms with E-state index >= 15 is 0 Å². The molecule has 1 N–H and O–H groups in total. The van der Waals surface area contributed by atoms with Crippen molar-refractivity contribution in [1.82, 2.24) is 9.88 Å². The average Bonchev–Trinajstić information content (AvgIpc) is 3.16. The molecule has 2 amide bonds. The van der Waals surface area contributed by atoms with Gasteiger partial charge in [0.15, 0.2) is 5.75 Å². The van der Waals surface area contributed by atoms with Crippen LogP contribution in [-0.4, -0.2) is 49.2 Å². The summed E-state index contributed by atoms with van der Waals surface area (Å²) in [5.74, 6) is 0.767. The van der Waals surface area contributed by atoms with Crippen molar-refractivity contribution >= 4 is 17.4 Å². The number of piperazine rings is 1. The minimum Gasteiger partial charge on any atom is -0.493 e. The number of benzene rings is 1. The third kappa shape index (κ3) is 3.31. The Morgan fingerprint density at radius 2 is 1.92 bits per heavy atom. The molecule has 0 spiro atoms. The molecular weight excluding hydrogens is 328 g/mol. The van der Waals surface area contributed by atoms with Crippen LogP contribution in [0.5, 0.6) is 5.75 Å². The molecule has 0 radical (unpaired) electrons. The van der Waals surface area contributed by atoms with E-state index in [1.54, 1.807) is 19.5 Å². The average molecular weight is 352 g/mol. The van der Waals surface area contributed by atoms with E-state index in [-0.39, 0.29) is 6.03 Å². The molecule has 136 valence electrons. The van der Waals surface area contributed by atoms with Crippen molar-refractivity contribution in [3.8, 4) is 5.75 Å². The predicted molar refractivity (Wildman–Crippen MR) is 102 cm³/mol. The molecule has 6 heteroatoms. The molecule has 26 heavy (non-hydrogen) atoms. The number of hydrogen-bond donors (Lipinski definition) is 1. The lowest BCUT2D eigenvalue weighted by Crippen LogP contribution is -2.50. The maximum atomic E-state index is 12.6. The van der Waals surface area contributed by atoms with E-state index in [9.17, 15) is 4.79 Å². The van der Waals surface area contributed by atoms with Crippen LogP contribution >= 0.6 is 0 Å². The maximum absolute atomic E-state index is 12.6. The van der Waals surface area contributed by atoms with Gasteiger partial charge in [-0.3, -0.25) is 4.98 Å². The summed E-state index contributed by atoms with van der Waals surface area (Å²) in [7, 11) is 1.65. The highest BCUT2D eigenvalue weighted by atomic mass is 16.5. The summed E-state index contributed by atoms with van der Waals surface area (Å²) in [4.78, 5) is 20.8. The van der Waals surface area contributed by atoms with Crippen LogP contribution in [0, 0.1) is 0 Å². The zero-order valence-electron chi connectivity index (χ0n) is 15.1. The number of urea groups is 1. The minimum absolute atomic E-state index is 0.0238. The fourth-order valence-electron chi connectivity index (χ4n) is 3.79. The molecule has 2 heterocycles. The molecule has 1 fully saturated rings. The minimum atomic E-state index is -0.0238. The summed E-state index contributed by atoms with van der Waals surface area (Å²) in [6.45, 7) is 2.92. The number of fused-ring (bicyclic) bond motifs is 1. The molecule has 6 nitrogen and oxygen atoms in total. The first kappa shape index (κ1) is 16.7. The fraction of sp³-hybridized carbons (Fsp3) is 0.400. The molecule has 1 aliphatic heterocycles. The number of aromatic nitrogens is 1. The van der Waals surface area contributed by atoms with E-state index in [2.05, 4.69) is 27.3 Å². The maximum Gasteiger partial charge on any atom is 0.321 e. The number of ether oxygens (including phenoxy) is 1. The van der Waals surface area contributed by atoms with Crippen molar-refractivity contribution in [1.29, 1.82) is 0 Å². The van der Waals surface area contributed by atoms with Crippen molar-refractivity contribution in [3.63, 3.8) is 0 Å². The van der Waals surface area contributed by atoms with Crippen LogP contribution in [0.15, 0.2) is 36.7 Å². The summed E-state index contributed by atoms with van der Waals surface area (Å²) >= 11 is 0. The Morgan fingerprint density at radius 3 is 2.73 bits per heavy atom. The van der Waals surface area contributed by atoms with Gasteiger partial charge in [0, 0.05) is 38.1 Å². The largest absolute Gasteiger partial charge is 0.493 e. The molecule has 0 saturated carbocycles. The van der Waals surface area contributed by atoms with Crippen LogP contribution in [0.1, 0.15) is 17.5 Å². The first-order valence-corrected chi connectivity index (χ1v) is 9.15. The molecule has 1 aromatic carbocycles. The van der Waals surface area contributed by atoms with Gasteiger partial charge in [0.2, 0.25) is 0 Å². The standard InChI is InChI=1S/C20H24N4O2/c1-26-19-14-21-8-7-18(19)23-9-11-24(12-10-23)20(25)22-17-6-5-15-3-2-4-16(15)13-17/h5-8,13-14H,2-4,9-12H2,1H3,(H,22,25). The van der Waals surface area contributed by atoms with Gasteiger partial charge in [0.05, 0.1) is 19.0 Å². The molecule has 1 saturated heterocycles. The molecular formula is C20H24N4O2. The Kier molecular flexibility index (Phi) is 4.65. The highest BCUT2D eigenvalue weighted by molar-refractivity contribution is 5.89. The molecule has 4 rings (SSSR count). The first-order valence-electron chi connectivity index (χ1n) is 9.15. The third-order valence-electron chi connectivity index (χ3n) is 5.24. The van der Waals surface area contributed by atoms with Crippen molar-refractivity contribution in [3.05, 3.63) is 47.8 Å². The Balaban J connectivity index is 1.36. The lowest BCUT2D eigenvalue weighted by atomic mass is 10.1. The summed E-state index contributed by atoms with van der Waals surface area (Å²) < 4.78 is 5.39. The van der Waals surface area contributed by atoms with E-state index < -0.39 is 0 Å². The van der Waals surface area contributed by atoms with Gasteiger partial charge in [0.1, 0.15) is 0 Å². The second-order valence-electron chi connectivity index (χ2n) is 6.79. The van der Waals surface area contributed by atoms with Crippen molar-refractivity contribution in [2.24, 2.45) is 0 Å². The molecule has 1 aliphatic carbocycles. The lowest BCUT2D eigenvalue weighted by molar-refractivity contribution is 0.208. The number of carbonyl (C=O) groups excluding carboxylic acids is 1. The number of hydrogen-bond acceptors (Lipinski definition) is 4. The number of pyridine rings is 1. The smallest absolute Gasteiger partial charge is 0.321 e. The van der Waals surface area contributed by atoms with Gasteiger partial charge in [-0.1, -0.05) is 6.07 Å². The number of nitrogens with one attached hydrogen (secondary N) is 1. The van der Waals surface area contributed by atoms with Crippen LogP contribution in [-0.2, 0) is 12.8 Å². The molecule has 2 aliphatic rings. The van der Waals surface area contributed by atoms with Gasteiger partial charge < -0.3 is 19.9 Å². The third-order valence-corrected chi connectivity index (χ3v) is 5.24. The lowest BCUT2D eigenvalue weighted by Gasteiger charge is -2.36. The number of rotatable bonds is 3. The van der Waals surface area contributed by atoms with Crippen molar-refractivity contribution in [2.45, 2.75) is 19.3 Å². The van der Waals surface area contributed by atoms with Crippen molar-refractivity contribution in [2.75, 3.05) is 43.5 Å². The number of carbonyl (C=O) groups is 1. The molecule has 0 atom stereocenters. The molecule has 0 bridgehead atoms. The van der Waals surface area contributed by atoms with Crippen LogP contribution in [0.2, 0.25) is 0 Å². The van der Waals surface area contributed by atoms with Crippen LogP contribution in [0.25, 0.3) is 0 Å². The van der Waals surface area contributed by atoms with E-state index in [0.717, 1.165) is 43.1 Å². The van der Waals surface area contributed by atoms with Crippen LogP contribution < -0.4 is 15.0 Å². The fourth-order valence-corrected chi connectivity index (χ4v) is 3.79. The first-order chi connectivity index (χ1) is 12.7. The summed E-state index contributed by atoms with van der Waals surface area (Å²) in [5, 5.41) is 3.05.